The van der Waals surface area contributed by atoms with Crippen LogP contribution in [0.4, 0.5) is 4.79 Å². The summed E-state index contributed by atoms with van der Waals surface area (Å²) in [6.45, 7) is 4.07. The molecule has 0 unspecified atom stereocenters. The van der Waals surface area contributed by atoms with Crippen LogP contribution in [0.5, 0.6) is 0 Å². The standard InChI is InChI=1S/C23H26N4O3/c1-16-7-6-10-19(24-16)14-26(13-17-8-4-3-5-9-17)20(28)15-27-21(29)23(2,18-11-12-18)25-22(27)30/h3-10,18H,11-15H2,1-2H3,(H,25,30)/t23-/m1/s1. The summed E-state index contributed by atoms with van der Waals surface area (Å²) in [5.41, 5.74) is 1.71. The number of hydrogen-bond acceptors (Lipinski definition) is 4. The van der Waals surface area contributed by atoms with Crippen molar-refractivity contribution in [1.82, 2.24) is 20.1 Å². The average Bonchev–Trinajstić information content (AvgIpc) is 3.54. The van der Waals surface area contributed by atoms with Gasteiger partial charge in [-0.05, 0) is 50.3 Å². The predicted molar refractivity (Wildman–Crippen MR) is 111 cm³/mol. The summed E-state index contributed by atoms with van der Waals surface area (Å²) in [7, 11) is 0. The molecule has 7 nitrogen and oxygen atoms in total. The number of nitrogens with zero attached hydrogens (tertiary/aromatic N) is 3. The third kappa shape index (κ3) is 4.06. The van der Waals surface area contributed by atoms with Crippen LogP contribution in [0.15, 0.2) is 48.5 Å². The van der Waals surface area contributed by atoms with Gasteiger partial charge in [0.25, 0.3) is 5.91 Å². The Morgan fingerprint density at radius 1 is 1.13 bits per heavy atom. The van der Waals surface area contributed by atoms with Crippen LogP contribution in [0.25, 0.3) is 0 Å². The summed E-state index contributed by atoms with van der Waals surface area (Å²) in [6, 6.07) is 14.8. The maximum Gasteiger partial charge on any atom is 0.325 e. The second kappa shape index (κ2) is 7.89. The van der Waals surface area contributed by atoms with Crippen LogP contribution in [-0.4, -0.2) is 44.7 Å². The van der Waals surface area contributed by atoms with Gasteiger partial charge in [0.2, 0.25) is 5.91 Å². The molecule has 7 heteroatoms. The maximum absolute atomic E-state index is 13.2. The third-order valence-corrected chi connectivity index (χ3v) is 5.86. The van der Waals surface area contributed by atoms with Crippen molar-refractivity contribution in [3.05, 3.63) is 65.5 Å². The summed E-state index contributed by atoms with van der Waals surface area (Å²) in [5, 5.41) is 2.80. The molecule has 4 rings (SSSR count). The number of rotatable bonds is 7. The lowest BCUT2D eigenvalue weighted by Crippen LogP contribution is -2.47. The number of hydrogen-bond donors (Lipinski definition) is 1. The summed E-state index contributed by atoms with van der Waals surface area (Å²) in [5.74, 6) is -0.437. The van der Waals surface area contributed by atoms with E-state index in [0.717, 1.165) is 34.7 Å². The van der Waals surface area contributed by atoms with Crippen LogP contribution in [0.1, 0.15) is 36.7 Å². The number of aromatic nitrogens is 1. The van der Waals surface area contributed by atoms with Gasteiger partial charge in [0.05, 0.1) is 12.2 Å². The van der Waals surface area contributed by atoms with Crippen molar-refractivity contribution in [2.24, 2.45) is 5.92 Å². The van der Waals surface area contributed by atoms with Crippen molar-refractivity contribution >= 4 is 17.8 Å². The minimum Gasteiger partial charge on any atom is -0.331 e. The quantitative estimate of drug-likeness (QED) is 0.717. The van der Waals surface area contributed by atoms with E-state index in [1.165, 1.54) is 0 Å². The van der Waals surface area contributed by atoms with Crippen molar-refractivity contribution in [2.75, 3.05) is 6.54 Å². The molecule has 2 aromatic rings. The van der Waals surface area contributed by atoms with Gasteiger partial charge in [-0.2, -0.15) is 0 Å². The predicted octanol–water partition coefficient (Wildman–Crippen LogP) is 2.64. The van der Waals surface area contributed by atoms with Crippen LogP contribution in [0.2, 0.25) is 0 Å². The Balaban J connectivity index is 1.53. The molecule has 1 aromatic carbocycles. The Morgan fingerprint density at radius 2 is 1.87 bits per heavy atom. The molecule has 0 bridgehead atoms. The van der Waals surface area contributed by atoms with E-state index < -0.39 is 11.6 Å². The summed E-state index contributed by atoms with van der Waals surface area (Å²) in [4.78, 5) is 45.8. The summed E-state index contributed by atoms with van der Waals surface area (Å²) < 4.78 is 0. The fourth-order valence-corrected chi connectivity index (χ4v) is 3.95. The number of amides is 4. The molecule has 1 N–H and O–H groups in total. The zero-order chi connectivity index (χ0) is 21.3. The van der Waals surface area contributed by atoms with Gasteiger partial charge in [0.15, 0.2) is 0 Å². The highest BCUT2D eigenvalue weighted by atomic mass is 16.2. The van der Waals surface area contributed by atoms with Gasteiger partial charge < -0.3 is 10.2 Å². The molecular weight excluding hydrogens is 380 g/mol. The van der Waals surface area contributed by atoms with Crippen molar-refractivity contribution in [1.29, 1.82) is 0 Å². The number of carbonyl (C=O) groups is 3. The largest absolute Gasteiger partial charge is 0.331 e. The molecule has 30 heavy (non-hydrogen) atoms. The second-order valence-corrected chi connectivity index (χ2v) is 8.30. The van der Waals surface area contributed by atoms with Crippen molar-refractivity contribution in [3.8, 4) is 0 Å². The molecule has 0 radical (unpaired) electrons. The van der Waals surface area contributed by atoms with Gasteiger partial charge in [-0.1, -0.05) is 36.4 Å². The van der Waals surface area contributed by atoms with Gasteiger partial charge in [-0.3, -0.25) is 19.5 Å². The fraction of sp³-hybridized carbons (Fsp3) is 0.391. The lowest BCUT2D eigenvalue weighted by Gasteiger charge is -2.25. The van der Waals surface area contributed by atoms with Gasteiger partial charge >= 0.3 is 6.03 Å². The van der Waals surface area contributed by atoms with Crippen LogP contribution in [0, 0.1) is 12.8 Å². The first-order valence-corrected chi connectivity index (χ1v) is 10.2. The van der Waals surface area contributed by atoms with Crippen LogP contribution in [0.3, 0.4) is 0 Å². The normalized spacial score (nSPS) is 20.9. The molecule has 2 fully saturated rings. The molecule has 0 spiro atoms. The molecule has 1 aliphatic heterocycles. The fourth-order valence-electron chi connectivity index (χ4n) is 3.95. The Labute approximate surface area is 176 Å². The first kappa shape index (κ1) is 20.1. The molecule has 1 aromatic heterocycles. The smallest absolute Gasteiger partial charge is 0.325 e. The molecule has 1 atom stereocenters. The van der Waals surface area contributed by atoms with Crippen molar-refractivity contribution in [3.63, 3.8) is 0 Å². The molecule has 1 aliphatic carbocycles. The minimum atomic E-state index is -0.889. The third-order valence-electron chi connectivity index (χ3n) is 5.86. The van der Waals surface area contributed by atoms with Crippen LogP contribution >= 0.6 is 0 Å². The molecular formula is C23H26N4O3. The number of nitrogens with one attached hydrogen (secondary N) is 1. The Kier molecular flexibility index (Phi) is 5.28. The van der Waals surface area contributed by atoms with E-state index >= 15 is 0 Å². The average molecular weight is 406 g/mol. The summed E-state index contributed by atoms with van der Waals surface area (Å²) >= 11 is 0. The highest BCUT2D eigenvalue weighted by Gasteiger charge is 2.56. The lowest BCUT2D eigenvalue weighted by molar-refractivity contribution is -0.139. The minimum absolute atomic E-state index is 0.158. The molecule has 2 heterocycles. The van der Waals surface area contributed by atoms with Crippen LogP contribution in [-0.2, 0) is 22.7 Å². The second-order valence-electron chi connectivity index (χ2n) is 8.30. The number of urea groups is 1. The first-order chi connectivity index (χ1) is 14.4. The van der Waals surface area contributed by atoms with E-state index in [1.54, 1.807) is 11.8 Å². The van der Waals surface area contributed by atoms with Crippen molar-refractivity contribution < 1.29 is 14.4 Å². The van der Waals surface area contributed by atoms with E-state index in [9.17, 15) is 14.4 Å². The van der Waals surface area contributed by atoms with Gasteiger partial charge in [0, 0.05) is 12.2 Å². The zero-order valence-electron chi connectivity index (χ0n) is 17.3. The molecule has 4 amide bonds. The highest BCUT2D eigenvalue weighted by Crippen LogP contribution is 2.42. The SMILES string of the molecule is Cc1cccc(CN(Cc2ccccc2)C(=O)CN2C(=O)N[C@](C)(C3CC3)C2=O)n1. The highest BCUT2D eigenvalue weighted by molar-refractivity contribution is 6.09. The monoisotopic (exact) mass is 406 g/mol. The molecule has 1 saturated heterocycles. The number of aryl methyl sites for hydroxylation is 1. The molecule has 2 aliphatic rings. The maximum atomic E-state index is 13.2. The number of carbonyl (C=O) groups excluding carboxylic acids is 3. The zero-order valence-corrected chi connectivity index (χ0v) is 17.3. The van der Waals surface area contributed by atoms with E-state index in [2.05, 4.69) is 10.3 Å². The number of pyridine rings is 1. The molecule has 1 saturated carbocycles. The van der Waals surface area contributed by atoms with E-state index in [0.29, 0.717) is 13.1 Å². The number of benzene rings is 1. The van der Waals surface area contributed by atoms with Gasteiger partial charge in [0.1, 0.15) is 12.1 Å². The van der Waals surface area contributed by atoms with E-state index in [4.69, 9.17) is 0 Å². The number of imide groups is 1. The van der Waals surface area contributed by atoms with Crippen molar-refractivity contribution in [2.45, 2.75) is 45.3 Å². The Hall–Kier alpha value is -3.22. The van der Waals surface area contributed by atoms with Gasteiger partial charge in [-0.25, -0.2) is 4.79 Å². The first-order valence-electron chi connectivity index (χ1n) is 10.2. The van der Waals surface area contributed by atoms with E-state index in [-0.39, 0.29) is 24.3 Å². The van der Waals surface area contributed by atoms with Crippen LogP contribution < -0.4 is 5.32 Å². The lowest BCUT2D eigenvalue weighted by atomic mass is 9.96. The molecule has 156 valence electrons. The Morgan fingerprint density at radius 3 is 2.53 bits per heavy atom. The van der Waals surface area contributed by atoms with Gasteiger partial charge in [-0.15, -0.1) is 0 Å². The topological polar surface area (TPSA) is 82.6 Å². The van der Waals surface area contributed by atoms with E-state index in [1.807, 2.05) is 55.5 Å². The Bertz CT molecular complexity index is 973. The summed E-state index contributed by atoms with van der Waals surface area (Å²) in [6.07, 6.45) is 1.84.